The van der Waals surface area contributed by atoms with Gasteiger partial charge < -0.3 is 33.9 Å². The Balaban J connectivity index is 1.44. The van der Waals surface area contributed by atoms with Gasteiger partial charge in [-0.05, 0) is 44.8 Å². The second-order valence-corrected chi connectivity index (χ2v) is 11.8. The summed E-state index contributed by atoms with van der Waals surface area (Å²) in [7, 11) is 0. The highest BCUT2D eigenvalue weighted by molar-refractivity contribution is 5.83. The fraction of sp³-hybridized carbons (Fsp3) is 0.655. The first-order valence-corrected chi connectivity index (χ1v) is 13.5. The molecule has 0 aromatic rings. The molecule has 9 nitrogen and oxygen atoms in total. The Morgan fingerprint density at radius 3 is 2.61 bits per heavy atom. The molecule has 0 unspecified atom stereocenters. The van der Waals surface area contributed by atoms with Crippen LogP contribution in [0.1, 0.15) is 46.5 Å². The Morgan fingerprint density at radius 1 is 1.08 bits per heavy atom. The number of aliphatic hydroxyl groups excluding tert-OH is 2. The smallest absolute Gasteiger partial charge is 0.331 e. The zero-order chi connectivity index (χ0) is 26.9. The monoisotopic (exact) mass is 528 g/mol. The van der Waals surface area contributed by atoms with Crippen LogP contribution in [0.5, 0.6) is 0 Å². The zero-order valence-corrected chi connectivity index (χ0v) is 22.1. The zero-order valence-electron chi connectivity index (χ0n) is 22.1. The summed E-state index contributed by atoms with van der Waals surface area (Å²) in [5.74, 6) is -1.10. The van der Waals surface area contributed by atoms with E-state index in [1.54, 1.807) is 6.08 Å². The predicted octanol–water partition coefficient (Wildman–Crippen LogP) is 2.07. The lowest BCUT2D eigenvalue weighted by Crippen LogP contribution is -2.66. The van der Waals surface area contributed by atoms with E-state index >= 15 is 0 Å². The summed E-state index contributed by atoms with van der Waals surface area (Å²) < 4.78 is 30.6. The number of epoxide rings is 1. The maximum atomic E-state index is 13.2. The Bertz CT molecular complexity index is 1150. The quantitative estimate of drug-likeness (QED) is 0.299. The molecule has 4 bridgehead atoms. The lowest BCUT2D eigenvalue weighted by atomic mass is 9.51. The van der Waals surface area contributed by atoms with E-state index in [2.05, 4.69) is 19.9 Å². The number of carbonyl (C=O) groups is 2. The topological polar surface area (TPSA) is 124 Å². The molecule has 6 rings (SSSR count). The molecule has 0 amide bonds. The molecule has 38 heavy (non-hydrogen) atoms. The third-order valence-electron chi connectivity index (χ3n) is 10.1. The number of rotatable bonds is 1. The summed E-state index contributed by atoms with van der Waals surface area (Å²) in [5.41, 5.74) is -1.76. The van der Waals surface area contributed by atoms with Crippen LogP contribution < -0.4 is 0 Å². The Hall–Kier alpha value is -2.30. The van der Waals surface area contributed by atoms with E-state index in [4.69, 9.17) is 23.7 Å². The van der Waals surface area contributed by atoms with Crippen molar-refractivity contribution in [2.75, 3.05) is 19.8 Å². The fourth-order valence-electron chi connectivity index (χ4n) is 7.68. The number of allylic oxidation sites excluding steroid dienone is 3. The van der Waals surface area contributed by atoms with E-state index in [1.807, 2.05) is 0 Å². The minimum atomic E-state index is -1.47. The minimum Gasteiger partial charge on any atom is -0.462 e. The maximum absolute atomic E-state index is 13.2. The van der Waals surface area contributed by atoms with E-state index in [0.29, 0.717) is 31.4 Å². The SMILES string of the molecule is CC1=C[C@H]2O[C@@H]3C[C@H]4OC(=O)/C=C\C=C/[C@]5([C@H](C)O)OCC/C(=C/C(=O)OC[C@@]2(CC1)[C@]4(C)[C@]31CO1)[C@H]5O. The van der Waals surface area contributed by atoms with E-state index in [1.165, 1.54) is 36.8 Å². The van der Waals surface area contributed by atoms with E-state index in [9.17, 15) is 19.8 Å². The van der Waals surface area contributed by atoms with Crippen LogP contribution in [0.2, 0.25) is 0 Å². The second-order valence-electron chi connectivity index (χ2n) is 11.8. The van der Waals surface area contributed by atoms with Gasteiger partial charge in [-0.3, -0.25) is 0 Å². The number of hydrogen-bond donors (Lipinski definition) is 2. The molecule has 2 aliphatic carbocycles. The summed E-state index contributed by atoms with van der Waals surface area (Å²) in [4.78, 5) is 26.2. The Kier molecular flexibility index (Phi) is 6.05. The minimum absolute atomic E-state index is 0.0519. The average Bonchev–Trinajstić information content (AvgIpc) is 3.65. The van der Waals surface area contributed by atoms with Gasteiger partial charge in [-0.2, -0.15) is 0 Å². The van der Waals surface area contributed by atoms with Gasteiger partial charge in [0.1, 0.15) is 30.0 Å². The molecule has 2 N–H and O–H groups in total. The van der Waals surface area contributed by atoms with Gasteiger partial charge in [0.05, 0.1) is 36.9 Å². The standard InChI is InChI=1S/C29H36O9/c1-17-7-10-27-15-34-24(32)13-19-8-11-35-28(18(2)30,25(19)33)9-5-4-6-23(31)38-20-14-22(37-21(27)12-17)29(16-36-29)26(20,27)3/h4-6,9,12-13,18,20-22,25,30,33H,7-8,10-11,14-16H2,1-3H3/b6-4-,9-5-,19-13-/t18-,20+,21+,22+,25+,26+,27+,28+,29-/m0/s1. The van der Waals surface area contributed by atoms with Crippen molar-refractivity contribution in [3.63, 3.8) is 0 Å². The van der Waals surface area contributed by atoms with E-state index in [-0.39, 0.29) is 25.4 Å². The Labute approximate surface area is 222 Å². The van der Waals surface area contributed by atoms with Crippen LogP contribution in [0.4, 0.5) is 0 Å². The third kappa shape index (κ3) is 3.48. The molecule has 2 spiro atoms. The largest absolute Gasteiger partial charge is 0.462 e. The summed E-state index contributed by atoms with van der Waals surface area (Å²) in [6.45, 7) is 6.43. The van der Waals surface area contributed by atoms with Crippen molar-refractivity contribution in [1.29, 1.82) is 0 Å². The van der Waals surface area contributed by atoms with Crippen molar-refractivity contribution >= 4 is 11.9 Å². The normalized spacial score (nSPS) is 50.0. The number of aliphatic hydroxyl groups is 2. The number of ether oxygens (including phenoxy) is 5. The van der Waals surface area contributed by atoms with Gasteiger partial charge in [-0.15, -0.1) is 0 Å². The third-order valence-corrected chi connectivity index (χ3v) is 10.1. The number of fused-ring (bicyclic) bond motifs is 2. The van der Waals surface area contributed by atoms with E-state index < -0.39 is 52.3 Å². The maximum Gasteiger partial charge on any atom is 0.331 e. The van der Waals surface area contributed by atoms with Gasteiger partial charge in [0.15, 0.2) is 0 Å². The van der Waals surface area contributed by atoms with Crippen molar-refractivity contribution in [1.82, 2.24) is 0 Å². The molecule has 4 fully saturated rings. The summed E-state index contributed by atoms with van der Waals surface area (Å²) >= 11 is 0. The number of carbonyl (C=O) groups excluding carboxylic acids is 2. The van der Waals surface area contributed by atoms with Gasteiger partial charge in [-0.25, -0.2) is 9.59 Å². The molecule has 3 saturated heterocycles. The van der Waals surface area contributed by atoms with Crippen molar-refractivity contribution < 1.29 is 43.5 Å². The highest BCUT2D eigenvalue weighted by Gasteiger charge is 2.83. The van der Waals surface area contributed by atoms with Crippen LogP contribution in [0.15, 0.2) is 47.6 Å². The first-order chi connectivity index (χ1) is 18.1. The molecule has 4 aliphatic heterocycles. The lowest BCUT2D eigenvalue weighted by molar-refractivity contribution is -0.232. The average molecular weight is 529 g/mol. The van der Waals surface area contributed by atoms with Crippen molar-refractivity contribution in [2.45, 2.75) is 88.2 Å². The highest BCUT2D eigenvalue weighted by atomic mass is 16.6. The first kappa shape index (κ1) is 26.0. The van der Waals surface area contributed by atoms with Gasteiger partial charge in [0.25, 0.3) is 0 Å². The molecular weight excluding hydrogens is 492 g/mol. The summed E-state index contributed by atoms with van der Waals surface area (Å²) in [6.07, 6.45) is 8.21. The van der Waals surface area contributed by atoms with Gasteiger partial charge >= 0.3 is 11.9 Å². The van der Waals surface area contributed by atoms with E-state index in [0.717, 1.165) is 6.42 Å². The van der Waals surface area contributed by atoms with Crippen molar-refractivity contribution in [3.8, 4) is 0 Å². The van der Waals surface area contributed by atoms with Crippen molar-refractivity contribution in [2.24, 2.45) is 10.8 Å². The number of cyclic esters (lactones) is 1. The first-order valence-electron chi connectivity index (χ1n) is 13.5. The molecule has 9 atom stereocenters. The lowest BCUT2D eigenvalue weighted by Gasteiger charge is -2.58. The van der Waals surface area contributed by atoms with Crippen LogP contribution >= 0.6 is 0 Å². The molecular formula is C29H36O9. The number of hydrogen-bond acceptors (Lipinski definition) is 9. The molecule has 9 heteroatoms. The van der Waals surface area contributed by atoms with Gasteiger partial charge in [0.2, 0.25) is 0 Å². The fourth-order valence-corrected chi connectivity index (χ4v) is 7.68. The Morgan fingerprint density at radius 2 is 1.87 bits per heavy atom. The van der Waals surface area contributed by atoms with Crippen LogP contribution in [0, 0.1) is 10.8 Å². The second kappa shape index (κ2) is 8.86. The van der Waals surface area contributed by atoms with Gasteiger partial charge in [-0.1, -0.05) is 30.7 Å². The molecule has 1 saturated carbocycles. The van der Waals surface area contributed by atoms with Crippen LogP contribution in [0.3, 0.4) is 0 Å². The van der Waals surface area contributed by atoms with Crippen LogP contribution in [-0.2, 0) is 33.3 Å². The van der Waals surface area contributed by atoms with Crippen LogP contribution in [-0.4, -0.2) is 83.7 Å². The highest BCUT2D eigenvalue weighted by Crippen LogP contribution is 2.72. The molecule has 0 aromatic heterocycles. The summed E-state index contributed by atoms with van der Waals surface area (Å²) in [5, 5.41) is 21.7. The number of esters is 2. The van der Waals surface area contributed by atoms with Crippen molar-refractivity contribution in [3.05, 3.63) is 47.6 Å². The predicted molar refractivity (Wildman–Crippen MR) is 134 cm³/mol. The van der Waals surface area contributed by atoms with Gasteiger partial charge in [0, 0.05) is 24.0 Å². The summed E-state index contributed by atoms with van der Waals surface area (Å²) in [6, 6.07) is 0. The molecule has 0 radical (unpaired) electrons. The molecule has 4 heterocycles. The molecule has 206 valence electrons. The molecule has 0 aromatic carbocycles. The van der Waals surface area contributed by atoms with Crippen LogP contribution in [0.25, 0.3) is 0 Å². The molecule has 6 aliphatic rings.